The number of amides is 1. The number of rotatable bonds is 5. The predicted molar refractivity (Wildman–Crippen MR) is 122 cm³/mol. The molecule has 3 heterocycles. The highest BCUT2D eigenvalue weighted by molar-refractivity contribution is 5.94. The topological polar surface area (TPSA) is 75.0 Å². The van der Waals surface area contributed by atoms with Gasteiger partial charge >= 0.3 is 0 Å². The summed E-state index contributed by atoms with van der Waals surface area (Å²) in [6, 6.07) is 17.0. The molecule has 3 aromatic rings. The van der Waals surface area contributed by atoms with Crippen LogP contribution in [0.1, 0.15) is 23.3 Å². The average Bonchev–Trinajstić information content (AvgIpc) is 3.52. The number of hydrogen-bond acceptors (Lipinski definition) is 6. The van der Waals surface area contributed by atoms with Gasteiger partial charge in [-0.25, -0.2) is 4.68 Å². The van der Waals surface area contributed by atoms with Gasteiger partial charge in [-0.2, -0.15) is 5.10 Å². The molecule has 2 saturated heterocycles. The standard InChI is InChI=1S/C25H27N3O5/c1-30-19-8-9-20(23(16-19)31-2)21-17-22(28(26-21)18-6-4-3-5-7-18)24(29)27-12-10-25(11-13-27)32-14-15-33-25/h3-9,16-17H,10-15H2,1-2H3. The molecule has 2 fully saturated rings. The van der Waals surface area contributed by atoms with Crippen LogP contribution in [0.5, 0.6) is 11.5 Å². The maximum Gasteiger partial charge on any atom is 0.272 e. The van der Waals surface area contributed by atoms with E-state index in [1.165, 1.54) is 0 Å². The van der Waals surface area contributed by atoms with Crippen LogP contribution in [0.15, 0.2) is 54.6 Å². The van der Waals surface area contributed by atoms with Crippen molar-refractivity contribution in [1.82, 2.24) is 14.7 Å². The summed E-state index contributed by atoms with van der Waals surface area (Å²) in [6.45, 7) is 2.36. The number of carbonyl (C=O) groups is 1. The van der Waals surface area contributed by atoms with Gasteiger partial charge in [-0.3, -0.25) is 4.79 Å². The first-order valence-corrected chi connectivity index (χ1v) is 11.1. The number of likely N-dealkylation sites (tertiary alicyclic amines) is 1. The third-order valence-corrected chi connectivity index (χ3v) is 6.24. The van der Waals surface area contributed by atoms with Crippen LogP contribution in [0.4, 0.5) is 0 Å². The monoisotopic (exact) mass is 449 g/mol. The van der Waals surface area contributed by atoms with Gasteiger partial charge in [-0.1, -0.05) is 18.2 Å². The molecule has 0 bridgehead atoms. The zero-order valence-corrected chi connectivity index (χ0v) is 18.8. The van der Waals surface area contributed by atoms with Gasteiger partial charge in [0, 0.05) is 37.6 Å². The first-order valence-electron chi connectivity index (χ1n) is 11.1. The molecule has 33 heavy (non-hydrogen) atoms. The van der Waals surface area contributed by atoms with E-state index in [0.717, 1.165) is 11.3 Å². The Bertz CT molecular complexity index is 1130. The minimum absolute atomic E-state index is 0.0714. The maximum absolute atomic E-state index is 13.6. The van der Waals surface area contributed by atoms with Crippen LogP contribution in [-0.2, 0) is 9.47 Å². The molecule has 8 nitrogen and oxygen atoms in total. The second kappa shape index (κ2) is 8.88. The Morgan fingerprint density at radius 1 is 0.970 bits per heavy atom. The largest absolute Gasteiger partial charge is 0.497 e. The van der Waals surface area contributed by atoms with Crippen molar-refractivity contribution in [2.75, 3.05) is 40.5 Å². The van der Waals surface area contributed by atoms with Gasteiger partial charge in [0.05, 0.1) is 38.8 Å². The van der Waals surface area contributed by atoms with E-state index < -0.39 is 5.79 Å². The summed E-state index contributed by atoms with van der Waals surface area (Å²) in [5.74, 6) is 0.713. The van der Waals surface area contributed by atoms with Crippen molar-refractivity contribution in [3.63, 3.8) is 0 Å². The van der Waals surface area contributed by atoms with E-state index in [2.05, 4.69) is 0 Å². The molecule has 2 aliphatic rings. The van der Waals surface area contributed by atoms with Gasteiger partial charge < -0.3 is 23.8 Å². The van der Waals surface area contributed by atoms with Crippen LogP contribution in [0.3, 0.4) is 0 Å². The lowest BCUT2D eigenvalue weighted by Crippen LogP contribution is -2.47. The number of hydrogen-bond donors (Lipinski definition) is 0. The molecule has 2 aromatic carbocycles. The van der Waals surface area contributed by atoms with Crippen LogP contribution in [0.25, 0.3) is 16.9 Å². The number of aromatic nitrogens is 2. The molecule has 1 spiro atoms. The number of nitrogens with zero attached hydrogens (tertiary/aromatic N) is 3. The Kier molecular flexibility index (Phi) is 5.78. The molecule has 0 aliphatic carbocycles. The van der Waals surface area contributed by atoms with Crippen molar-refractivity contribution < 1.29 is 23.7 Å². The summed E-state index contributed by atoms with van der Waals surface area (Å²) in [5.41, 5.74) is 2.75. The number of methoxy groups -OCH3 is 2. The van der Waals surface area contributed by atoms with E-state index in [4.69, 9.17) is 24.0 Å². The lowest BCUT2D eigenvalue weighted by molar-refractivity contribution is -0.181. The molecule has 0 unspecified atom stereocenters. The van der Waals surface area contributed by atoms with Crippen LogP contribution >= 0.6 is 0 Å². The Morgan fingerprint density at radius 2 is 1.70 bits per heavy atom. The third kappa shape index (κ3) is 4.07. The molecule has 5 rings (SSSR count). The summed E-state index contributed by atoms with van der Waals surface area (Å²) in [4.78, 5) is 15.5. The molecule has 0 N–H and O–H groups in total. The number of piperidine rings is 1. The van der Waals surface area contributed by atoms with E-state index >= 15 is 0 Å². The molecule has 172 valence electrons. The molecule has 0 atom stereocenters. The molecule has 1 amide bonds. The van der Waals surface area contributed by atoms with Gasteiger partial charge in [0.15, 0.2) is 5.79 Å². The fourth-order valence-corrected chi connectivity index (χ4v) is 4.44. The summed E-state index contributed by atoms with van der Waals surface area (Å²) in [7, 11) is 3.22. The lowest BCUT2D eigenvalue weighted by atomic mass is 10.0. The fourth-order valence-electron chi connectivity index (χ4n) is 4.44. The summed E-state index contributed by atoms with van der Waals surface area (Å²) < 4.78 is 24.2. The van der Waals surface area contributed by atoms with Crippen LogP contribution < -0.4 is 9.47 Å². The molecule has 0 saturated carbocycles. The van der Waals surface area contributed by atoms with Crippen molar-refractivity contribution in [1.29, 1.82) is 0 Å². The zero-order chi connectivity index (χ0) is 22.8. The van der Waals surface area contributed by atoms with E-state index in [1.54, 1.807) is 18.9 Å². The van der Waals surface area contributed by atoms with Crippen LogP contribution in [-0.4, -0.2) is 66.9 Å². The van der Waals surface area contributed by atoms with Gasteiger partial charge in [-0.05, 0) is 30.3 Å². The second-order valence-corrected chi connectivity index (χ2v) is 8.13. The molecule has 8 heteroatoms. The van der Waals surface area contributed by atoms with Crippen LogP contribution in [0.2, 0.25) is 0 Å². The normalized spacial score (nSPS) is 17.3. The summed E-state index contributed by atoms with van der Waals surface area (Å²) >= 11 is 0. The molecule has 1 aromatic heterocycles. The zero-order valence-electron chi connectivity index (χ0n) is 18.8. The van der Waals surface area contributed by atoms with Gasteiger partial charge in [0.2, 0.25) is 0 Å². The van der Waals surface area contributed by atoms with Crippen molar-refractivity contribution in [3.8, 4) is 28.4 Å². The van der Waals surface area contributed by atoms with Crippen LogP contribution in [0, 0.1) is 0 Å². The molecular weight excluding hydrogens is 422 g/mol. The van der Waals surface area contributed by atoms with E-state index in [0.29, 0.717) is 62.0 Å². The average molecular weight is 450 g/mol. The van der Waals surface area contributed by atoms with Gasteiger partial charge in [0.25, 0.3) is 5.91 Å². The number of ether oxygens (including phenoxy) is 4. The van der Waals surface area contributed by atoms with E-state index in [1.807, 2.05) is 59.5 Å². The van der Waals surface area contributed by atoms with Crippen molar-refractivity contribution in [3.05, 3.63) is 60.3 Å². The summed E-state index contributed by atoms with van der Waals surface area (Å²) in [5, 5.41) is 4.80. The summed E-state index contributed by atoms with van der Waals surface area (Å²) in [6.07, 6.45) is 1.33. The highest BCUT2D eigenvalue weighted by atomic mass is 16.7. The molecule has 2 aliphatic heterocycles. The van der Waals surface area contributed by atoms with Crippen molar-refractivity contribution in [2.24, 2.45) is 0 Å². The highest BCUT2D eigenvalue weighted by Crippen LogP contribution is 2.35. The maximum atomic E-state index is 13.6. The number of benzene rings is 2. The first kappa shape index (κ1) is 21.5. The number of para-hydroxylation sites is 1. The predicted octanol–water partition coefficient (Wildman–Crippen LogP) is 3.54. The smallest absolute Gasteiger partial charge is 0.272 e. The SMILES string of the molecule is COc1ccc(-c2cc(C(=O)N3CCC4(CC3)OCCO4)n(-c3ccccc3)n2)c(OC)c1. The van der Waals surface area contributed by atoms with Gasteiger partial charge in [0.1, 0.15) is 17.2 Å². The third-order valence-electron chi connectivity index (χ3n) is 6.24. The van der Waals surface area contributed by atoms with Crippen molar-refractivity contribution in [2.45, 2.75) is 18.6 Å². The fraction of sp³-hybridized carbons (Fsp3) is 0.360. The van der Waals surface area contributed by atoms with Crippen molar-refractivity contribution >= 4 is 5.91 Å². The second-order valence-electron chi connectivity index (χ2n) is 8.13. The molecular formula is C25H27N3O5. The Morgan fingerprint density at radius 3 is 2.36 bits per heavy atom. The Balaban J connectivity index is 1.50. The van der Waals surface area contributed by atoms with E-state index in [9.17, 15) is 4.79 Å². The Labute approximate surface area is 192 Å². The minimum atomic E-state index is -0.530. The Hall–Kier alpha value is -3.36. The highest BCUT2D eigenvalue weighted by Gasteiger charge is 2.41. The molecule has 0 radical (unpaired) electrons. The quantitative estimate of drug-likeness (QED) is 0.593. The van der Waals surface area contributed by atoms with E-state index in [-0.39, 0.29) is 5.91 Å². The number of carbonyl (C=O) groups excluding carboxylic acids is 1. The van der Waals surface area contributed by atoms with Gasteiger partial charge in [-0.15, -0.1) is 0 Å². The minimum Gasteiger partial charge on any atom is -0.497 e. The first-order chi connectivity index (χ1) is 16.1. The lowest BCUT2D eigenvalue weighted by Gasteiger charge is -2.37.